The molecular formula is C15H22N6O2. The molecule has 1 aliphatic rings. The Bertz CT molecular complexity index is 591. The minimum Gasteiger partial charge on any atom is -0.384 e. The summed E-state index contributed by atoms with van der Waals surface area (Å²) in [5, 5.41) is 15.5. The van der Waals surface area contributed by atoms with Gasteiger partial charge in [0.05, 0.1) is 13.2 Å². The summed E-state index contributed by atoms with van der Waals surface area (Å²) in [6.07, 6.45) is 4.68. The number of rotatable bonds is 8. The molecule has 0 aromatic carbocycles. The zero-order chi connectivity index (χ0) is 15.9. The first-order valence-corrected chi connectivity index (χ1v) is 7.92. The van der Waals surface area contributed by atoms with Gasteiger partial charge in [-0.25, -0.2) is 0 Å². The van der Waals surface area contributed by atoms with E-state index in [0.717, 1.165) is 25.3 Å². The summed E-state index contributed by atoms with van der Waals surface area (Å²) in [6, 6.07) is 4.35. The van der Waals surface area contributed by atoms with Gasteiger partial charge in [0.1, 0.15) is 0 Å². The van der Waals surface area contributed by atoms with E-state index in [1.807, 2.05) is 12.1 Å². The fraction of sp³-hybridized carbons (Fsp3) is 0.600. The van der Waals surface area contributed by atoms with E-state index in [9.17, 15) is 0 Å². The van der Waals surface area contributed by atoms with Crippen molar-refractivity contribution in [2.45, 2.75) is 31.8 Å². The van der Waals surface area contributed by atoms with Crippen molar-refractivity contribution in [2.75, 3.05) is 31.7 Å². The summed E-state index contributed by atoms with van der Waals surface area (Å²) >= 11 is 0. The van der Waals surface area contributed by atoms with E-state index in [2.05, 4.69) is 30.6 Å². The average Bonchev–Trinajstić information content (AvgIpc) is 3.23. The molecule has 0 aliphatic carbocycles. The highest BCUT2D eigenvalue weighted by Gasteiger charge is 2.25. The van der Waals surface area contributed by atoms with E-state index in [1.165, 1.54) is 6.42 Å². The summed E-state index contributed by atoms with van der Waals surface area (Å²) in [4.78, 5) is 6.64. The molecule has 0 spiro atoms. The zero-order valence-electron chi connectivity index (χ0n) is 13.3. The van der Waals surface area contributed by atoms with Crippen LogP contribution < -0.4 is 10.2 Å². The van der Waals surface area contributed by atoms with E-state index in [4.69, 9.17) is 9.26 Å². The monoisotopic (exact) mass is 318 g/mol. The highest BCUT2D eigenvalue weighted by molar-refractivity contribution is 5.39. The van der Waals surface area contributed by atoms with Crippen molar-refractivity contribution >= 4 is 5.82 Å². The Kier molecular flexibility index (Phi) is 5.49. The second-order valence-corrected chi connectivity index (χ2v) is 5.55. The van der Waals surface area contributed by atoms with Crippen LogP contribution in [0.15, 0.2) is 22.9 Å². The van der Waals surface area contributed by atoms with Crippen LogP contribution in [-0.4, -0.2) is 53.2 Å². The van der Waals surface area contributed by atoms with E-state index in [-0.39, 0.29) is 0 Å². The van der Waals surface area contributed by atoms with Gasteiger partial charge >= 0.3 is 0 Å². The first kappa shape index (κ1) is 15.8. The molecule has 2 aromatic heterocycles. The fourth-order valence-corrected chi connectivity index (χ4v) is 2.80. The molecule has 3 rings (SSSR count). The van der Waals surface area contributed by atoms with Crippen molar-refractivity contribution in [2.24, 2.45) is 0 Å². The standard InChI is InChI=1S/C15H22N6O2/c1-22-9-6-13-18-15(23-20-13)11-16-10-12-4-3-8-21(12)14-5-2-7-17-19-14/h2,5,7,12,16H,3-4,6,8-11H2,1H3/t12-/m0/s1. The summed E-state index contributed by atoms with van der Waals surface area (Å²) in [5.41, 5.74) is 0. The normalized spacial score (nSPS) is 17.8. The number of nitrogens with one attached hydrogen (secondary N) is 1. The number of ether oxygens (including phenoxy) is 1. The van der Waals surface area contributed by atoms with Crippen molar-refractivity contribution in [3.05, 3.63) is 30.0 Å². The van der Waals surface area contributed by atoms with E-state index in [0.29, 0.717) is 37.3 Å². The molecule has 8 nitrogen and oxygen atoms in total. The molecule has 8 heteroatoms. The molecule has 0 radical (unpaired) electrons. The molecular weight excluding hydrogens is 296 g/mol. The summed E-state index contributed by atoms with van der Waals surface area (Å²) in [7, 11) is 1.66. The van der Waals surface area contributed by atoms with Crippen LogP contribution in [0, 0.1) is 0 Å². The number of methoxy groups -OCH3 is 1. The molecule has 0 unspecified atom stereocenters. The zero-order valence-corrected chi connectivity index (χ0v) is 13.3. The number of nitrogens with zero attached hydrogens (tertiary/aromatic N) is 5. The maximum absolute atomic E-state index is 5.22. The van der Waals surface area contributed by atoms with E-state index in [1.54, 1.807) is 13.3 Å². The van der Waals surface area contributed by atoms with Crippen LogP contribution in [0.1, 0.15) is 24.6 Å². The fourth-order valence-electron chi connectivity index (χ4n) is 2.80. The highest BCUT2D eigenvalue weighted by Crippen LogP contribution is 2.22. The van der Waals surface area contributed by atoms with Gasteiger partial charge in [0.25, 0.3) is 0 Å². The Labute approximate surface area is 135 Å². The highest BCUT2D eigenvalue weighted by atomic mass is 16.5. The quantitative estimate of drug-likeness (QED) is 0.765. The van der Waals surface area contributed by atoms with Gasteiger partial charge in [0, 0.05) is 38.9 Å². The third kappa shape index (κ3) is 4.23. The van der Waals surface area contributed by atoms with Crippen LogP contribution in [0.5, 0.6) is 0 Å². The number of hydrogen-bond donors (Lipinski definition) is 1. The summed E-state index contributed by atoms with van der Waals surface area (Å²) in [6.45, 7) is 3.05. The van der Waals surface area contributed by atoms with Crippen molar-refractivity contribution in [3.8, 4) is 0 Å². The molecule has 2 aromatic rings. The SMILES string of the molecule is COCCc1noc(CNC[C@@H]2CCCN2c2cccnn2)n1. The van der Waals surface area contributed by atoms with Crippen molar-refractivity contribution in [3.63, 3.8) is 0 Å². The van der Waals surface area contributed by atoms with Crippen molar-refractivity contribution in [1.82, 2.24) is 25.7 Å². The summed E-state index contributed by atoms with van der Waals surface area (Å²) < 4.78 is 10.2. The molecule has 0 amide bonds. The van der Waals surface area contributed by atoms with Crippen molar-refractivity contribution in [1.29, 1.82) is 0 Å². The van der Waals surface area contributed by atoms with Gasteiger partial charge in [-0.15, -0.1) is 5.10 Å². The number of aromatic nitrogens is 4. The molecule has 1 atom stereocenters. The molecule has 1 aliphatic heterocycles. The largest absolute Gasteiger partial charge is 0.384 e. The molecule has 23 heavy (non-hydrogen) atoms. The van der Waals surface area contributed by atoms with Gasteiger partial charge in [0.2, 0.25) is 5.89 Å². The lowest BCUT2D eigenvalue weighted by Gasteiger charge is -2.25. The van der Waals surface area contributed by atoms with Gasteiger partial charge in [-0.2, -0.15) is 10.1 Å². The van der Waals surface area contributed by atoms with E-state index >= 15 is 0 Å². The van der Waals surface area contributed by atoms with Gasteiger partial charge in [-0.1, -0.05) is 5.16 Å². The van der Waals surface area contributed by atoms with Crippen LogP contribution in [0.25, 0.3) is 0 Å². The molecule has 1 saturated heterocycles. The van der Waals surface area contributed by atoms with Gasteiger partial charge < -0.3 is 19.5 Å². The minimum atomic E-state index is 0.419. The molecule has 3 heterocycles. The van der Waals surface area contributed by atoms with Crippen LogP contribution in [0.3, 0.4) is 0 Å². The maximum atomic E-state index is 5.22. The van der Waals surface area contributed by atoms with E-state index < -0.39 is 0 Å². The maximum Gasteiger partial charge on any atom is 0.240 e. The van der Waals surface area contributed by atoms with Gasteiger partial charge in [-0.3, -0.25) is 0 Å². The smallest absolute Gasteiger partial charge is 0.240 e. The van der Waals surface area contributed by atoms with Crippen LogP contribution in [0.4, 0.5) is 5.82 Å². The number of anilines is 1. The van der Waals surface area contributed by atoms with Gasteiger partial charge in [0.15, 0.2) is 11.6 Å². The minimum absolute atomic E-state index is 0.419. The Balaban J connectivity index is 1.47. The predicted octanol–water partition coefficient (Wildman–Crippen LogP) is 0.807. The van der Waals surface area contributed by atoms with Crippen LogP contribution in [-0.2, 0) is 17.7 Å². The molecule has 1 fully saturated rings. The average molecular weight is 318 g/mol. The Morgan fingerprint density at radius 1 is 1.48 bits per heavy atom. The molecule has 0 saturated carbocycles. The molecule has 0 bridgehead atoms. The second-order valence-electron chi connectivity index (χ2n) is 5.55. The molecule has 124 valence electrons. The lowest BCUT2D eigenvalue weighted by atomic mass is 10.2. The topological polar surface area (TPSA) is 89.2 Å². The Morgan fingerprint density at radius 3 is 3.26 bits per heavy atom. The van der Waals surface area contributed by atoms with Gasteiger partial charge in [-0.05, 0) is 25.0 Å². The summed E-state index contributed by atoms with van der Waals surface area (Å²) in [5.74, 6) is 2.24. The third-order valence-corrected chi connectivity index (χ3v) is 3.93. The Morgan fingerprint density at radius 2 is 2.43 bits per heavy atom. The first-order valence-electron chi connectivity index (χ1n) is 7.92. The lowest BCUT2D eigenvalue weighted by molar-refractivity contribution is 0.199. The lowest BCUT2D eigenvalue weighted by Crippen LogP contribution is -2.38. The van der Waals surface area contributed by atoms with Crippen LogP contribution >= 0.6 is 0 Å². The number of hydrogen-bond acceptors (Lipinski definition) is 8. The second kappa shape index (κ2) is 7.98. The first-order chi connectivity index (χ1) is 11.4. The molecule has 1 N–H and O–H groups in total. The van der Waals surface area contributed by atoms with Crippen molar-refractivity contribution < 1.29 is 9.26 Å². The third-order valence-electron chi connectivity index (χ3n) is 3.93. The Hall–Kier alpha value is -2.06. The predicted molar refractivity (Wildman–Crippen MR) is 84.0 cm³/mol. The van der Waals surface area contributed by atoms with Crippen LogP contribution in [0.2, 0.25) is 0 Å².